The van der Waals surface area contributed by atoms with E-state index in [1.54, 1.807) is 0 Å². The van der Waals surface area contributed by atoms with Crippen LogP contribution in [0.1, 0.15) is 10.4 Å². The lowest BCUT2D eigenvalue weighted by molar-refractivity contribution is 0.112. The summed E-state index contributed by atoms with van der Waals surface area (Å²) in [5.74, 6) is 0.0404. The number of hydrogen-bond acceptors (Lipinski definition) is 5. The van der Waals surface area contributed by atoms with Crippen LogP contribution in [0.15, 0.2) is 11.0 Å². The largest absolute Gasteiger partial charge is 0.369 e. The standard InChI is InChI=1S/C9H10N4O3/c1-16-4-13-8(15)6-5(3-14)2-11-7(6)12-9(13)10/h2-3,11H,4H2,1H3,(H2,10,12). The van der Waals surface area contributed by atoms with Crippen LogP contribution in [0.5, 0.6) is 0 Å². The summed E-state index contributed by atoms with van der Waals surface area (Å²) in [4.78, 5) is 29.4. The Morgan fingerprint density at radius 3 is 3.06 bits per heavy atom. The van der Waals surface area contributed by atoms with Crippen molar-refractivity contribution in [3.8, 4) is 0 Å². The molecule has 16 heavy (non-hydrogen) atoms. The van der Waals surface area contributed by atoms with Crippen LogP contribution in [0.2, 0.25) is 0 Å². The lowest BCUT2D eigenvalue weighted by atomic mass is 10.2. The molecule has 2 aromatic heterocycles. The molecule has 0 saturated heterocycles. The first-order chi connectivity index (χ1) is 7.69. The molecule has 0 aromatic carbocycles. The Kier molecular flexibility index (Phi) is 2.45. The number of aromatic amines is 1. The minimum absolute atomic E-state index is 0.00289. The molecule has 0 spiro atoms. The molecular formula is C9H10N4O3. The highest BCUT2D eigenvalue weighted by Gasteiger charge is 2.13. The SMILES string of the molecule is COCn1c(N)nc2[nH]cc(C=O)c2c1=O. The lowest BCUT2D eigenvalue weighted by Crippen LogP contribution is -2.25. The number of H-pyrrole nitrogens is 1. The van der Waals surface area contributed by atoms with E-state index in [-0.39, 0.29) is 23.6 Å². The number of nitrogen functional groups attached to an aromatic ring is 1. The first-order valence-corrected chi connectivity index (χ1v) is 4.50. The van der Waals surface area contributed by atoms with Gasteiger partial charge < -0.3 is 15.5 Å². The molecule has 0 aliphatic rings. The molecule has 0 atom stereocenters. The second kappa shape index (κ2) is 3.78. The Hall–Kier alpha value is -2.15. The van der Waals surface area contributed by atoms with Gasteiger partial charge in [-0.05, 0) is 0 Å². The summed E-state index contributed by atoms with van der Waals surface area (Å²) in [5.41, 5.74) is 5.76. The first kappa shape index (κ1) is 10.4. The number of nitrogens with one attached hydrogen (secondary N) is 1. The van der Waals surface area contributed by atoms with E-state index in [2.05, 4.69) is 9.97 Å². The van der Waals surface area contributed by atoms with Crippen molar-refractivity contribution in [2.24, 2.45) is 0 Å². The van der Waals surface area contributed by atoms with E-state index in [0.29, 0.717) is 11.9 Å². The molecule has 7 heteroatoms. The minimum Gasteiger partial charge on any atom is -0.369 e. The molecule has 0 unspecified atom stereocenters. The van der Waals surface area contributed by atoms with Gasteiger partial charge in [-0.25, -0.2) is 0 Å². The van der Waals surface area contributed by atoms with Crippen LogP contribution in [0, 0.1) is 0 Å². The van der Waals surface area contributed by atoms with Crippen LogP contribution in [0.3, 0.4) is 0 Å². The summed E-state index contributed by atoms with van der Waals surface area (Å²) >= 11 is 0. The van der Waals surface area contributed by atoms with Gasteiger partial charge in [0.15, 0.2) is 6.29 Å². The molecule has 0 saturated carbocycles. The van der Waals surface area contributed by atoms with Crippen LogP contribution in [0.4, 0.5) is 5.95 Å². The molecule has 0 aliphatic heterocycles. The highest BCUT2D eigenvalue weighted by atomic mass is 16.5. The topological polar surface area (TPSA) is 103 Å². The predicted octanol–water partition coefficient (Wildman–Crippen LogP) is -0.277. The van der Waals surface area contributed by atoms with Crippen molar-refractivity contribution in [2.75, 3.05) is 12.8 Å². The molecule has 0 bridgehead atoms. The van der Waals surface area contributed by atoms with E-state index < -0.39 is 5.56 Å². The predicted molar refractivity (Wildman–Crippen MR) is 57.2 cm³/mol. The summed E-state index contributed by atoms with van der Waals surface area (Å²) in [5, 5.41) is 0.223. The number of methoxy groups -OCH3 is 1. The number of fused-ring (bicyclic) bond motifs is 1. The Balaban J connectivity index is 2.83. The van der Waals surface area contributed by atoms with Crippen LogP contribution in [0.25, 0.3) is 11.0 Å². The molecule has 0 radical (unpaired) electrons. The molecule has 7 nitrogen and oxygen atoms in total. The highest BCUT2D eigenvalue weighted by Crippen LogP contribution is 2.11. The van der Waals surface area contributed by atoms with Crippen molar-refractivity contribution in [1.82, 2.24) is 14.5 Å². The number of ether oxygens (including phenoxy) is 1. The number of aldehydes is 1. The second-order valence-corrected chi connectivity index (χ2v) is 3.21. The maximum Gasteiger partial charge on any atom is 0.267 e. The first-order valence-electron chi connectivity index (χ1n) is 4.50. The second-order valence-electron chi connectivity index (χ2n) is 3.21. The number of nitrogens with two attached hydrogens (primary N) is 1. The number of hydrogen-bond donors (Lipinski definition) is 2. The van der Waals surface area contributed by atoms with Gasteiger partial charge in [-0.1, -0.05) is 0 Å². The third-order valence-corrected chi connectivity index (χ3v) is 2.24. The average Bonchev–Trinajstić information content (AvgIpc) is 2.67. The number of nitrogens with zero attached hydrogens (tertiary/aromatic N) is 2. The van der Waals surface area contributed by atoms with Gasteiger partial charge in [-0.2, -0.15) is 4.98 Å². The van der Waals surface area contributed by atoms with Crippen molar-refractivity contribution in [3.63, 3.8) is 0 Å². The molecule has 2 aromatic rings. The Bertz CT molecular complexity index is 599. The summed E-state index contributed by atoms with van der Waals surface area (Å²) in [7, 11) is 1.44. The zero-order chi connectivity index (χ0) is 11.7. The number of carbonyl (C=O) groups excluding carboxylic acids is 1. The van der Waals surface area contributed by atoms with E-state index in [1.165, 1.54) is 13.3 Å². The summed E-state index contributed by atoms with van der Waals surface area (Å²) in [6.07, 6.45) is 2.01. The number of anilines is 1. The van der Waals surface area contributed by atoms with E-state index in [4.69, 9.17) is 10.5 Å². The van der Waals surface area contributed by atoms with Crippen molar-refractivity contribution in [1.29, 1.82) is 0 Å². The summed E-state index contributed by atoms with van der Waals surface area (Å²) in [6, 6.07) is 0. The van der Waals surface area contributed by atoms with E-state index in [1.807, 2.05) is 0 Å². The van der Waals surface area contributed by atoms with Gasteiger partial charge in [-0.3, -0.25) is 14.2 Å². The molecule has 3 N–H and O–H groups in total. The molecule has 0 fully saturated rings. The van der Waals surface area contributed by atoms with Crippen molar-refractivity contribution >= 4 is 23.3 Å². The minimum atomic E-state index is -0.396. The van der Waals surface area contributed by atoms with E-state index in [9.17, 15) is 9.59 Å². The quantitative estimate of drug-likeness (QED) is 0.695. The van der Waals surface area contributed by atoms with Gasteiger partial charge >= 0.3 is 0 Å². The zero-order valence-electron chi connectivity index (χ0n) is 8.56. The van der Waals surface area contributed by atoms with Gasteiger partial charge in [0, 0.05) is 18.9 Å². The molecule has 0 aliphatic carbocycles. The lowest BCUT2D eigenvalue weighted by Gasteiger charge is -2.06. The highest BCUT2D eigenvalue weighted by molar-refractivity contribution is 5.95. The van der Waals surface area contributed by atoms with Crippen LogP contribution in [-0.4, -0.2) is 27.9 Å². The van der Waals surface area contributed by atoms with Crippen LogP contribution >= 0.6 is 0 Å². The Morgan fingerprint density at radius 1 is 1.69 bits per heavy atom. The maximum absolute atomic E-state index is 12.0. The normalized spacial score (nSPS) is 10.8. The summed E-state index contributed by atoms with van der Waals surface area (Å²) in [6.45, 7) is -0.00289. The Morgan fingerprint density at radius 2 is 2.44 bits per heavy atom. The smallest absolute Gasteiger partial charge is 0.267 e. The fourth-order valence-corrected chi connectivity index (χ4v) is 1.50. The monoisotopic (exact) mass is 222 g/mol. The van der Waals surface area contributed by atoms with Crippen LogP contribution < -0.4 is 11.3 Å². The van der Waals surface area contributed by atoms with Gasteiger partial charge in [0.1, 0.15) is 12.4 Å². The molecule has 2 rings (SSSR count). The number of carbonyl (C=O) groups is 1. The van der Waals surface area contributed by atoms with Crippen molar-refractivity contribution in [3.05, 3.63) is 22.1 Å². The van der Waals surface area contributed by atoms with Gasteiger partial charge in [0.05, 0.1) is 5.39 Å². The maximum atomic E-state index is 12.0. The van der Waals surface area contributed by atoms with Gasteiger partial charge in [0.25, 0.3) is 5.56 Å². The fraction of sp³-hybridized carbons (Fsp3) is 0.222. The van der Waals surface area contributed by atoms with Gasteiger partial charge in [0.2, 0.25) is 5.95 Å². The Labute approximate surface area is 89.8 Å². The van der Waals surface area contributed by atoms with Crippen molar-refractivity contribution < 1.29 is 9.53 Å². The van der Waals surface area contributed by atoms with E-state index >= 15 is 0 Å². The molecule has 0 amide bonds. The fourth-order valence-electron chi connectivity index (χ4n) is 1.50. The number of rotatable bonds is 3. The van der Waals surface area contributed by atoms with Crippen LogP contribution in [-0.2, 0) is 11.5 Å². The van der Waals surface area contributed by atoms with Crippen molar-refractivity contribution in [2.45, 2.75) is 6.73 Å². The van der Waals surface area contributed by atoms with Gasteiger partial charge in [-0.15, -0.1) is 0 Å². The molecule has 84 valence electrons. The molecular weight excluding hydrogens is 212 g/mol. The summed E-state index contributed by atoms with van der Waals surface area (Å²) < 4.78 is 5.99. The van der Waals surface area contributed by atoms with E-state index in [0.717, 1.165) is 4.57 Å². The third kappa shape index (κ3) is 1.38. The third-order valence-electron chi connectivity index (χ3n) is 2.24. The zero-order valence-corrected chi connectivity index (χ0v) is 8.56. The average molecular weight is 222 g/mol. The molecule has 2 heterocycles. The number of aromatic nitrogens is 3.